The number of fused-ring (bicyclic) bond motifs is 1. The van der Waals surface area contributed by atoms with Gasteiger partial charge < -0.3 is 9.84 Å². The Morgan fingerprint density at radius 2 is 1.81 bits per heavy atom. The number of benzene rings is 3. The van der Waals surface area contributed by atoms with E-state index in [1.165, 1.54) is 0 Å². The molecule has 5 rings (SSSR count). The summed E-state index contributed by atoms with van der Waals surface area (Å²) in [5.74, 6) is 0.375. The van der Waals surface area contributed by atoms with Crippen molar-refractivity contribution in [2.24, 2.45) is 13.0 Å². The molecule has 7 nitrogen and oxygen atoms in total. The summed E-state index contributed by atoms with van der Waals surface area (Å²) >= 11 is 0. The molecule has 0 radical (unpaired) electrons. The Morgan fingerprint density at radius 1 is 1.06 bits per heavy atom. The first-order valence-corrected chi connectivity index (χ1v) is 13.2. The van der Waals surface area contributed by atoms with Gasteiger partial charge in [-0.1, -0.05) is 60.7 Å². The van der Waals surface area contributed by atoms with Gasteiger partial charge in [-0.25, -0.2) is 12.8 Å². The van der Waals surface area contributed by atoms with Crippen LogP contribution in [0.1, 0.15) is 17.4 Å². The highest BCUT2D eigenvalue weighted by molar-refractivity contribution is 7.92. The average molecular weight is 508 g/mol. The number of aliphatic hydroxyl groups excluding tert-OH is 1. The number of ether oxygens (including phenoxy) is 1. The molecule has 0 unspecified atom stereocenters. The van der Waals surface area contributed by atoms with Crippen LogP contribution in [0.4, 0.5) is 10.1 Å². The number of anilines is 1. The van der Waals surface area contributed by atoms with E-state index in [0.29, 0.717) is 35.5 Å². The minimum absolute atomic E-state index is 0.161. The van der Waals surface area contributed by atoms with Gasteiger partial charge >= 0.3 is 0 Å². The first-order chi connectivity index (χ1) is 17.3. The molecule has 3 aromatic carbocycles. The number of para-hydroxylation sites is 1. The predicted molar refractivity (Wildman–Crippen MR) is 137 cm³/mol. The summed E-state index contributed by atoms with van der Waals surface area (Å²) in [5, 5.41) is 15.8. The van der Waals surface area contributed by atoms with E-state index in [9.17, 15) is 17.9 Å². The lowest BCUT2D eigenvalue weighted by Crippen LogP contribution is -2.28. The molecule has 2 heterocycles. The highest BCUT2D eigenvalue weighted by Gasteiger charge is 2.31. The summed E-state index contributed by atoms with van der Waals surface area (Å²) in [7, 11) is -2.19. The maximum absolute atomic E-state index is 12.9. The maximum atomic E-state index is 12.9. The molecule has 9 heteroatoms. The van der Waals surface area contributed by atoms with Crippen LogP contribution >= 0.6 is 0 Å². The molecule has 2 N–H and O–H groups in total. The summed E-state index contributed by atoms with van der Waals surface area (Å²) < 4.78 is 46.6. The van der Waals surface area contributed by atoms with Gasteiger partial charge in [0.05, 0.1) is 24.1 Å². The standard InChI is InChI=1S/C27H26FN3O4S/c1-31-21(15-25(29-31)18-7-3-2-4-8-18)13-20-16-35-26-14-19(11-12-23(26)27(20)32)22-9-5-6-10-24(22)30-36(33,34)17-28/h2-12,14-15,20,27,30,32H,13,16-17H2,1H3/t20-,27+/m0/s1. The van der Waals surface area contributed by atoms with Gasteiger partial charge in [-0.15, -0.1) is 0 Å². The number of aryl methyl sites for hydroxylation is 1. The Kier molecular flexibility index (Phi) is 6.51. The van der Waals surface area contributed by atoms with Crippen molar-refractivity contribution in [2.45, 2.75) is 12.5 Å². The minimum atomic E-state index is -4.08. The summed E-state index contributed by atoms with van der Waals surface area (Å²) in [4.78, 5) is 0. The monoisotopic (exact) mass is 507 g/mol. The molecular weight excluding hydrogens is 481 g/mol. The quantitative estimate of drug-likeness (QED) is 0.378. The molecular formula is C27H26FN3O4S. The fourth-order valence-electron chi connectivity index (χ4n) is 4.52. The third-order valence-corrected chi connectivity index (χ3v) is 7.21. The van der Waals surface area contributed by atoms with E-state index < -0.39 is 22.1 Å². The first-order valence-electron chi connectivity index (χ1n) is 11.5. The highest BCUT2D eigenvalue weighted by Crippen LogP contribution is 2.40. The molecule has 2 atom stereocenters. The van der Waals surface area contributed by atoms with Gasteiger partial charge in [0.15, 0.2) is 0 Å². The molecule has 0 amide bonds. The lowest BCUT2D eigenvalue weighted by Gasteiger charge is -2.30. The van der Waals surface area contributed by atoms with E-state index in [2.05, 4.69) is 9.82 Å². The number of alkyl halides is 1. The van der Waals surface area contributed by atoms with Crippen LogP contribution in [-0.4, -0.2) is 35.9 Å². The molecule has 1 aliphatic heterocycles. The largest absolute Gasteiger partial charge is 0.493 e. The number of hydrogen-bond acceptors (Lipinski definition) is 5. The second-order valence-corrected chi connectivity index (χ2v) is 10.5. The Balaban J connectivity index is 1.37. The third-order valence-electron chi connectivity index (χ3n) is 6.40. The summed E-state index contributed by atoms with van der Waals surface area (Å²) in [6, 6.07) is 22.6. The molecule has 0 saturated heterocycles. The predicted octanol–water partition coefficient (Wildman–Crippen LogP) is 4.71. The topological polar surface area (TPSA) is 93.5 Å². The number of halogens is 1. The molecule has 186 valence electrons. The van der Waals surface area contributed by atoms with E-state index in [4.69, 9.17) is 4.74 Å². The van der Waals surface area contributed by atoms with Crippen molar-refractivity contribution in [2.75, 3.05) is 17.3 Å². The number of hydrogen-bond donors (Lipinski definition) is 2. The Morgan fingerprint density at radius 3 is 2.58 bits per heavy atom. The van der Waals surface area contributed by atoms with Crippen molar-refractivity contribution >= 4 is 15.7 Å². The zero-order chi connectivity index (χ0) is 25.3. The van der Waals surface area contributed by atoms with Crippen molar-refractivity contribution < 1.29 is 22.7 Å². The fraction of sp³-hybridized carbons (Fsp3) is 0.222. The van der Waals surface area contributed by atoms with Crippen molar-refractivity contribution in [1.29, 1.82) is 0 Å². The summed E-state index contributed by atoms with van der Waals surface area (Å²) in [6.07, 6.45) is -0.148. The molecule has 0 aliphatic carbocycles. The van der Waals surface area contributed by atoms with Gasteiger partial charge in [-0.05, 0) is 30.2 Å². The van der Waals surface area contributed by atoms with Crippen LogP contribution in [0.25, 0.3) is 22.4 Å². The number of rotatable bonds is 7. The lowest BCUT2D eigenvalue weighted by molar-refractivity contribution is 0.0499. The Labute approximate surface area is 209 Å². The van der Waals surface area contributed by atoms with Gasteiger partial charge in [-0.3, -0.25) is 9.40 Å². The van der Waals surface area contributed by atoms with E-state index in [0.717, 1.165) is 17.0 Å². The second-order valence-electron chi connectivity index (χ2n) is 8.85. The lowest BCUT2D eigenvalue weighted by atomic mass is 9.88. The van der Waals surface area contributed by atoms with Crippen LogP contribution in [0.2, 0.25) is 0 Å². The Hall–Kier alpha value is -3.69. The van der Waals surface area contributed by atoms with Crippen LogP contribution in [0.3, 0.4) is 0 Å². The Bertz CT molecular complexity index is 1490. The van der Waals surface area contributed by atoms with Gasteiger partial charge in [-0.2, -0.15) is 5.10 Å². The molecule has 0 bridgehead atoms. The number of aromatic nitrogens is 2. The number of aliphatic hydroxyl groups is 1. The number of sulfonamides is 1. The van der Waals surface area contributed by atoms with E-state index >= 15 is 0 Å². The highest BCUT2D eigenvalue weighted by atomic mass is 32.2. The van der Waals surface area contributed by atoms with Crippen LogP contribution in [0.5, 0.6) is 5.75 Å². The molecule has 0 saturated carbocycles. The van der Waals surface area contributed by atoms with Crippen LogP contribution in [-0.2, 0) is 23.5 Å². The fourth-order valence-corrected chi connectivity index (χ4v) is 5.09. The van der Waals surface area contributed by atoms with Crippen molar-refractivity contribution in [3.8, 4) is 28.1 Å². The third kappa shape index (κ3) is 4.84. The van der Waals surface area contributed by atoms with Crippen LogP contribution in [0, 0.1) is 5.92 Å². The van der Waals surface area contributed by atoms with E-state index in [1.54, 1.807) is 42.5 Å². The van der Waals surface area contributed by atoms with Gasteiger partial charge in [0.1, 0.15) is 5.75 Å². The summed E-state index contributed by atoms with van der Waals surface area (Å²) in [6.45, 7) is 0.319. The molecule has 36 heavy (non-hydrogen) atoms. The van der Waals surface area contributed by atoms with E-state index in [-0.39, 0.29) is 11.6 Å². The molecule has 1 aliphatic rings. The number of nitrogens with zero attached hydrogens (tertiary/aromatic N) is 2. The number of nitrogens with one attached hydrogen (secondary N) is 1. The molecule has 0 fully saturated rings. The van der Waals surface area contributed by atoms with Crippen LogP contribution < -0.4 is 9.46 Å². The van der Waals surface area contributed by atoms with E-state index in [1.807, 2.05) is 48.1 Å². The van der Waals surface area contributed by atoms with Gasteiger partial charge in [0, 0.05) is 35.3 Å². The SMILES string of the molecule is Cn1nc(-c2ccccc2)cc1C[C@H]1COc2cc(-c3ccccc3NS(=O)(=O)CF)ccc2[C@@H]1O. The molecule has 1 aromatic heterocycles. The first kappa shape index (κ1) is 24.0. The normalized spacial score (nSPS) is 17.3. The van der Waals surface area contributed by atoms with Crippen LogP contribution in [0.15, 0.2) is 78.9 Å². The zero-order valence-corrected chi connectivity index (χ0v) is 20.5. The second kappa shape index (κ2) is 9.75. The zero-order valence-electron chi connectivity index (χ0n) is 19.6. The minimum Gasteiger partial charge on any atom is -0.493 e. The maximum Gasteiger partial charge on any atom is 0.262 e. The van der Waals surface area contributed by atoms with Gasteiger partial charge in [0.25, 0.3) is 10.0 Å². The van der Waals surface area contributed by atoms with Crippen molar-refractivity contribution in [3.63, 3.8) is 0 Å². The van der Waals surface area contributed by atoms with Crippen molar-refractivity contribution in [1.82, 2.24) is 9.78 Å². The molecule has 0 spiro atoms. The summed E-state index contributed by atoms with van der Waals surface area (Å²) in [5.41, 5.74) is 5.13. The van der Waals surface area contributed by atoms with Gasteiger partial charge in [0.2, 0.25) is 6.01 Å². The smallest absolute Gasteiger partial charge is 0.262 e. The van der Waals surface area contributed by atoms with Crippen molar-refractivity contribution in [3.05, 3.63) is 90.1 Å². The molecule has 4 aromatic rings. The average Bonchev–Trinajstić information content (AvgIpc) is 3.26.